The second-order valence-corrected chi connectivity index (χ2v) is 10.1. The van der Waals surface area contributed by atoms with E-state index in [1.807, 2.05) is 59.6 Å². The molecule has 1 amide bonds. The Morgan fingerprint density at radius 3 is 2.29 bits per heavy atom. The highest BCUT2D eigenvalue weighted by Crippen LogP contribution is 2.23. The largest absolute Gasteiger partial charge is 0.373 e. The predicted octanol–water partition coefficient (Wildman–Crippen LogP) is 5.99. The summed E-state index contributed by atoms with van der Waals surface area (Å²) in [6.07, 6.45) is 7.30. The van der Waals surface area contributed by atoms with E-state index in [1.54, 1.807) is 12.4 Å². The minimum Gasteiger partial charge on any atom is -0.373 e. The van der Waals surface area contributed by atoms with Crippen LogP contribution < -0.4 is 15.5 Å². The summed E-state index contributed by atoms with van der Waals surface area (Å²) in [7, 11) is 2.12. The number of imidazole rings is 1. The van der Waals surface area contributed by atoms with Gasteiger partial charge in [0, 0.05) is 80.5 Å². The first-order valence-corrected chi connectivity index (χ1v) is 14.1. The van der Waals surface area contributed by atoms with Crippen molar-refractivity contribution < 1.29 is 4.79 Å². The number of aromatic nitrogens is 4. The molecule has 214 valence electrons. The fourth-order valence-corrected chi connectivity index (χ4v) is 4.65. The van der Waals surface area contributed by atoms with Gasteiger partial charge >= 0.3 is 0 Å². The first kappa shape index (κ1) is 28.5. The molecule has 0 atom stereocenters. The molecule has 5 rings (SSSR count). The Kier molecular flexibility index (Phi) is 9.20. The maximum Gasteiger partial charge on any atom is 0.227 e. The molecule has 5 aromatic rings. The summed E-state index contributed by atoms with van der Waals surface area (Å²) in [5.41, 5.74) is 6.97. The fourth-order valence-electron chi connectivity index (χ4n) is 4.65. The number of anilines is 4. The van der Waals surface area contributed by atoms with Gasteiger partial charge in [-0.1, -0.05) is 31.2 Å². The van der Waals surface area contributed by atoms with Crippen molar-refractivity contribution in [3.05, 3.63) is 109 Å². The third-order valence-electron chi connectivity index (χ3n) is 7.06. The molecule has 2 N–H and O–H groups in total. The standard InChI is InChI=1S/C33H36N8O/c1-4-40(23-26-5-13-31(14-6-26)41-20-19-34-24-41)22-21-39(3)30-15-11-29(12-16-30)37-33-35-18-17-32(38-33)27-7-9-28(10-8-27)36-25(2)42/h5-20,24H,4,21-23H2,1-3H3,(H,36,42)(H,35,37,38). The van der Waals surface area contributed by atoms with Crippen LogP contribution in [0.25, 0.3) is 16.9 Å². The summed E-state index contributed by atoms with van der Waals surface area (Å²) in [4.78, 5) is 29.2. The van der Waals surface area contributed by atoms with Crippen molar-refractivity contribution in [2.45, 2.75) is 20.4 Å². The van der Waals surface area contributed by atoms with Crippen molar-refractivity contribution >= 4 is 28.9 Å². The normalized spacial score (nSPS) is 11.0. The first-order chi connectivity index (χ1) is 20.5. The average molecular weight is 561 g/mol. The second-order valence-electron chi connectivity index (χ2n) is 10.1. The van der Waals surface area contributed by atoms with Crippen LogP contribution in [0.1, 0.15) is 19.4 Å². The van der Waals surface area contributed by atoms with Crippen LogP contribution in [0, 0.1) is 0 Å². The van der Waals surface area contributed by atoms with Crippen molar-refractivity contribution in [3.8, 4) is 16.9 Å². The first-order valence-electron chi connectivity index (χ1n) is 14.1. The average Bonchev–Trinajstić information content (AvgIpc) is 3.55. The van der Waals surface area contributed by atoms with Crippen LogP contribution in [0.5, 0.6) is 0 Å². The molecule has 0 aliphatic carbocycles. The summed E-state index contributed by atoms with van der Waals surface area (Å²) in [5.74, 6) is 0.428. The summed E-state index contributed by atoms with van der Waals surface area (Å²) < 4.78 is 2.01. The van der Waals surface area contributed by atoms with Crippen LogP contribution in [0.15, 0.2) is 104 Å². The summed E-state index contributed by atoms with van der Waals surface area (Å²) in [5, 5.41) is 6.09. The Labute approximate surface area is 246 Å². The number of rotatable bonds is 12. The van der Waals surface area contributed by atoms with Gasteiger partial charge in [-0.3, -0.25) is 9.69 Å². The number of nitrogens with zero attached hydrogens (tertiary/aromatic N) is 6. The fraction of sp³-hybridized carbons (Fsp3) is 0.212. The highest BCUT2D eigenvalue weighted by molar-refractivity contribution is 5.88. The van der Waals surface area contributed by atoms with Crippen molar-refractivity contribution in [3.63, 3.8) is 0 Å². The van der Waals surface area contributed by atoms with Gasteiger partial charge in [0.05, 0.1) is 12.0 Å². The Morgan fingerprint density at radius 2 is 1.62 bits per heavy atom. The SMILES string of the molecule is CCN(CCN(C)c1ccc(Nc2nccc(-c3ccc(NC(C)=O)cc3)n2)cc1)Cc1ccc(-n2ccnc2)cc1. The van der Waals surface area contributed by atoms with Crippen LogP contribution in [0.4, 0.5) is 23.0 Å². The van der Waals surface area contributed by atoms with Gasteiger partial charge < -0.3 is 20.1 Å². The number of carbonyl (C=O) groups excluding carboxylic acids is 1. The molecule has 0 aliphatic heterocycles. The third-order valence-corrected chi connectivity index (χ3v) is 7.06. The van der Waals surface area contributed by atoms with Crippen LogP contribution >= 0.6 is 0 Å². The van der Waals surface area contributed by atoms with Gasteiger partial charge in [-0.05, 0) is 66.7 Å². The summed E-state index contributed by atoms with van der Waals surface area (Å²) in [6.45, 7) is 7.47. The van der Waals surface area contributed by atoms with Crippen LogP contribution in [0.2, 0.25) is 0 Å². The minimum absolute atomic E-state index is 0.0966. The minimum atomic E-state index is -0.0966. The van der Waals surface area contributed by atoms with E-state index in [0.29, 0.717) is 5.95 Å². The quantitative estimate of drug-likeness (QED) is 0.194. The topological polar surface area (TPSA) is 91.2 Å². The number of nitrogens with one attached hydrogen (secondary N) is 2. The smallest absolute Gasteiger partial charge is 0.227 e. The zero-order valence-corrected chi connectivity index (χ0v) is 24.2. The Hall–Kier alpha value is -5.02. The molecule has 2 heterocycles. The van der Waals surface area contributed by atoms with Crippen molar-refractivity contribution in [2.24, 2.45) is 0 Å². The van der Waals surface area contributed by atoms with Gasteiger partial charge in [0.1, 0.15) is 0 Å². The van der Waals surface area contributed by atoms with Gasteiger partial charge in [0.25, 0.3) is 0 Å². The molecule has 0 spiro atoms. The summed E-state index contributed by atoms with van der Waals surface area (Å²) in [6, 6.07) is 26.4. The monoisotopic (exact) mass is 560 g/mol. The number of carbonyl (C=O) groups is 1. The van der Waals surface area contributed by atoms with Gasteiger partial charge in [-0.15, -0.1) is 0 Å². The van der Waals surface area contributed by atoms with Crippen molar-refractivity contribution in [2.75, 3.05) is 42.2 Å². The van der Waals surface area contributed by atoms with Crippen molar-refractivity contribution in [1.82, 2.24) is 24.4 Å². The van der Waals surface area contributed by atoms with Crippen molar-refractivity contribution in [1.29, 1.82) is 0 Å². The van der Waals surface area contributed by atoms with Gasteiger partial charge in [0.2, 0.25) is 11.9 Å². The third kappa shape index (κ3) is 7.58. The lowest BCUT2D eigenvalue weighted by Crippen LogP contribution is -2.32. The molecule has 0 aliphatic rings. The number of hydrogen-bond acceptors (Lipinski definition) is 7. The number of hydrogen-bond donors (Lipinski definition) is 2. The van der Waals surface area contributed by atoms with Gasteiger partial charge in [-0.25, -0.2) is 15.0 Å². The lowest BCUT2D eigenvalue weighted by Gasteiger charge is -2.26. The van der Waals surface area contributed by atoms with E-state index in [1.165, 1.54) is 12.5 Å². The lowest BCUT2D eigenvalue weighted by molar-refractivity contribution is -0.114. The van der Waals surface area contributed by atoms with Crippen LogP contribution in [-0.2, 0) is 11.3 Å². The zero-order valence-electron chi connectivity index (χ0n) is 24.2. The van der Waals surface area contributed by atoms with E-state index in [-0.39, 0.29) is 5.91 Å². The number of likely N-dealkylation sites (N-methyl/N-ethyl adjacent to an activating group) is 2. The number of benzene rings is 3. The highest BCUT2D eigenvalue weighted by Gasteiger charge is 2.09. The van der Waals surface area contributed by atoms with E-state index in [9.17, 15) is 4.79 Å². The molecule has 0 saturated carbocycles. The van der Waals surface area contributed by atoms with Gasteiger partial charge in [-0.2, -0.15) is 0 Å². The molecule has 2 aromatic heterocycles. The maximum absolute atomic E-state index is 11.3. The molecule has 3 aromatic carbocycles. The van der Waals surface area contributed by atoms with Gasteiger partial charge in [0.15, 0.2) is 0 Å². The molecule has 42 heavy (non-hydrogen) atoms. The summed E-state index contributed by atoms with van der Waals surface area (Å²) >= 11 is 0. The number of amides is 1. The molecule has 9 heteroatoms. The Bertz CT molecular complexity index is 1570. The molecule has 0 bridgehead atoms. The Balaban J connectivity index is 1.13. The van der Waals surface area contributed by atoms with E-state index >= 15 is 0 Å². The molecule has 0 unspecified atom stereocenters. The maximum atomic E-state index is 11.3. The molecule has 9 nitrogen and oxygen atoms in total. The molecule has 0 saturated heterocycles. The van der Waals surface area contributed by atoms with Crippen LogP contribution in [0.3, 0.4) is 0 Å². The Morgan fingerprint density at radius 1 is 0.881 bits per heavy atom. The molecule has 0 fully saturated rings. The van der Waals surface area contributed by atoms with E-state index < -0.39 is 0 Å². The molecular formula is C33H36N8O. The molecular weight excluding hydrogens is 524 g/mol. The zero-order chi connectivity index (χ0) is 29.3. The van der Waals surface area contributed by atoms with E-state index in [2.05, 4.69) is 85.8 Å². The predicted molar refractivity (Wildman–Crippen MR) is 169 cm³/mol. The highest BCUT2D eigenvalue weighted by atomic mass is 16.1. The lowest BCUT2D eigenvalue weighted by atomic mass is 10.1. The van der Waals surface area contributed by atoms with E-state index in [4.69, 9.17) is 0 Å². The van der Waals surface area contributed by atoms with E-state index in [0.717, 1.165) is 60.2 Å². The molecule has 0 radical (unpaired) electrons. The second kappa shape index (κ2) is 13.6. The van der Waals surface area contributed by atoms with Crippen LogP contribution in [-0.4, -0.2) is 57.0 Å².